The van der Waals surface area contributed by atoms with Crippen LogP contribution in [0.15, 0.2) is 18.2 Å². The van der Waals surface area contributed by atoms with Gasteiger partial charge in [-0.15, -0.1) is 0 Å². The van der Waals surface area contributed by atoms with Gasteiger partial charge in [0.2, 0.25) is 5.91 Å². The van der Waals surface area contributed by atoms with E-state index >= 15 is 0 Å². The Morgan fingerprint density at radius 1 is 1.30 bits per heavy atom. The van der Waals surface area contributed by atoms with Gasteiger partial charge in [-0.3, -0.25) is 14.9 Å². The van der Waals surface area contributed by atoms with Crippen LogP contribution in [0.2, 0.25) is 5.02 Å². The maximum atomic E-state index is 11.5. The molecular formula is C12H13ClN2O5. The summed E-state index contributed by atoms with van der Waals surface area (Å²) in [6.45, 7) is 0. The number of hydrogen-bond acceptors (Lipinski definition) is 4. The molecule has 1 aromatic rings. The molecule has 1 rings (SSSR count). The topological polar surface area (TPSA) is 105 Å². The number of benzene rings is 1. The van der Waals surface area contributed by atoms with Crippen LogP contribution in [0.1, 0.15) is 12.8 Å². The third-order valence-corrected chi connectivity index (χ3v) is 2.57. The number of ether oxygens (including phenoxy) is 1. The molecular weight excluding hydrogens is 288 g/mol. The Morgan fingerprint density at radius 2 is 2.00 bits per heavy atom. The van der Waals surface area contributed by atoms with Crippen LogP contribution in [-0.2, 0) is 9.59 Å². The smallest absolute Gasteiger partial charge is 0.325 e. The summed E-state index contributed by atoms with van der Waals surface area (Å²) in [7, 11) is 1.46. The molecule has 0 aromatic heterocycles. The highest BCUT2D eigenvalue weighted by Crippen LogP contribution is 2.26. The summed E-state index contributed by atoms with van der Waals surface area (Å²) in [6, 6.07) is 3.84. The van der Waals surface area contributed by atoms with Gasteiger partial charge >= 0.3 is 12.0 Å². The highest BCUT2D eigenvalue weighted by molar-refractivity contribution is 6.33. The quantitative estimate of drug-likeness (QED) is 0.770. The molecule has 0 aliphatic rings. The highest BCUT2D eigenvalue weighted by atomic mass is 35.5. The molecule has 0 saturated carbocycles. The summed E-state index contributed by atoms with van der Waals surface area (Å²) < 4.78 is 4.97. The first kappa shape index (κ1) is 15.8. The lowest BCUT2D eigenvalue weighted by Crippen LogP contribution is -2.34. The predicted octanol–water partition coefficient (Wildman–Crippen LogP) is 1.86. The van der Waals surface area contributed by atoms with Crippen molar-refractivity contribution in [1.82, 2.24) is 5.32 Å². The van der Waals surface area contributed by atoms with Gasteiger partial charge in [0.25, 0.3) is 0 Å². The lowest BCUT2D eigenvalue weighted by molar-refractivity contribution is -0.138. The van der Waals surface area contributed by atoms with Crippen LogP contribution in [0.5, 0.6) is 5.75 Å². The van der Waals surface area contributed by atoms with Gasteiger partial charge in [-0.05, 0) is 12.1 Å². The molecule has 0 aliphatic heterocycles. The summed E-state index contributed by atoms with van der Waals surface area (Å²) in [5.41, 5.74) is 0.273. The van der Waals surface area contributed by atoms with Crippen LogP contribution in [0.25, 0.3) is 0 Å². The van der Waals surface area contributed by atoms with E-state index in [2.05, 4.69) is 5.32 Å². The van der Waals surface area contributed by atoms with Crippen LogP contribution in [-0.4, -0.2) is 30.1 Å². The van der Waals surface area contributed by atoms with Crippen molar-refractivity contribution in [3.05, 3.63) is 23.2 Å². The number of aliphatic carboxylic acids is 1. The SMILES string of the molecule is COc1ccc(Cl)c(NC(=O)NC(=O)CCC(=O)O)c1. The van der Waals surface area contributed by atoms with Gasteiger partial charge in [-0.1, -0.05) is 11.6 Å². The summed E-state index contributed by atoms with van der Waals surface area (Å²) in [6.07, 6.45) is -0.631. The minimum absolute atomic E-state index is 0.273. The molecule has 0 aliphatic carbocycles. The number of carboxylic acid groups (broad SMARTS) is 1. The van der Waals surface area contributed by atoms with E-state index < -0.39 is 17.9 Å². The first-order chi connectivity index (χ1) is 9.42. The van der Waals surface area contributed by atoms with Crippen molar-refractivity contribution in [3.63, 3.8) is 0 Å². The number of imide groups is 1. The zero-order chi connectivity index (χ0) is 15.1. The molecule has 8 heteroatoms. The van der Waals surface area contributed by atoms with Gasteiger partial charge in [0, 0.05) is 12.5 Å². The Hall–Kier alpha value is -2.28. The summed E-state index contributed by atoms with van der Waals surface area (Å²) in [5, 5.41) is 13.1. The van der Waals surface area contributed by atoms with Crippen molar-refractivity contribution in [1.29, 1.82) is 0 Å². The highest BCUT2D eigenvalue weighted by Gasteiger charge is 2.11. The van der Waals surface area contributed by atoms with Crippen LogP contribution in [0.4, 0.5) is 10.5 Å². The molecule has 0 unspecified atom stereocenters. The first-order valence-corrected chi connectivity index (χ1v) is 5.96. The molecule has 108 valence electrons. The summed E-state index contributed by atoms with van der Waals surface area (Å²) in [4.78, 5) is 33.1. The number of amides is 3. The van der Waals surface area contributed by atoms with E-state index in [1.165, 1.54) is 19.2 Å². The van der Waals surface area contributed by atoms with Gasteiger partial charge in [0.15, 0.2) is 0 Å². The Bertz CT molecular complexity index is 533. The second kappa shape index (κ2) is 7.34. The minimum Gasteiger partial charge on any atom is -0.497 e. The number of carbonyl (C=O) groups excluding carboxylic acids is 2. The molecule has 0 radical (unpaired) electrons. The van der Waals surface area contributed by atoms with Gasteiger partial charge in [-0.2, -0.15) is 0 Å². The molecule has 0 bridgehead atoms. The van der Waals surface area contributed by atoms with Crippen molar-refractivity contribution >= 4 is 35.2 Å². The number of nitrogens with one attached hydrogen (secondary N) is 2. The number of urea groups is 1. The number of carbonyl (C=O) groups is 3. The van der Waals surface area contributed by atoms with E-state index in [0.717, 1.165) is 0 Å². The third-order valence-electron chi connectivity index (χ3n) is 2.24. The average molecular weight is 301 g/mol. The van der Waals surface area contributed by atoms with Crippen LogP contribution < -0.4 is 15.4 Å². The van der Waals surface area contributed by atoms with E-state index in [4.69, 9.17) is 21.4 Å². The van der Waals surface area contributed by atoms with Gasteiger partial charge in [0.05, 0.1) is 24.2 Å². The van der Waals surface area contributed by atoms with Crippen molar-refractivity contribution in [2.75, 3.05) is 12.4 Å². The van der Waals surface area contributed by atoms with Crippen molar-refractivity contribution < 1.29 is 24.2 Å². The number of hydrogen-bond donors (Lipinski definition) is 3. The van der Waals surface area contributed by atoms with Gasteiger partial charge in [0.1, 0.15) is 5.75 Å². The van der Waals surface area contributed by atoms with Gasteiger partial charge < -0.3 is 15.2 Å². The Kier molecular flexibility index (Phi) is 5.79. The summed E-state index contributed by atoms with van der Waals surface area (Å²) >= 11 is 5.88. The predicted molar refractivity (Wildman–Crippen MR) is 72.0 cm³/mol. The van der Waals surface area contributed by atoms with Crippen LogP contribution in [0.3, 0.4) is 0 Å². The number of rotatable bonds is 5. The molecule has 20 heavy (non-hydrogen) atoms. The molecule has 0 saturated heterocycles. The Labute approximate surface area is 119 Å². The van der Waals surface area contributed by atoms with Crippen molar-refractivity contribution in [2.24, 2.45) is 0 Å². The zero-order valence-corrected chi connectivity index (χ0v) is 11.4. The fourth-order valence-electron chi connectivity index (χ4n) is 1.29. The number of halogens is 1. The number of anilines is 1. The zero-order valence-electron chi connectivity index (χ0n) is 10.6. The fourth-order valence-corrected chi connectivity index (χ4v) is 1.46. The van der Waals surface area contributed by atoms with E-state index in [9.17, 15) is 14.4 Å². The number of carboxylic acids is 1. The van der Waals surface area contributed by atoms with Crippen LogP contribution >= 0.6 is 11.6 Å². The van der Waals surface area contributed by atoms with Gasteiger partial charge in [-0.25, -0.2) is 4.79 Å². The first-order valence-electron chi connectivity index (χ1n) is 5.58. The normalized spacial score (nSPS) is 9.70. The molecule has 0 spiro atoms. The monoisotopic (exact) mass is 300 g/mol. The molecule has 3 amide bonds. The third kappa shape index (κ3) is 5.15. The average Bonchev–Trinajstić information content (AvgIpc) is 2.39. The molecule has 3 N–H and O–H groups in total. The Balaban J connectivity index is 2.58. The van der Waals surface area contributed by atoms with Crippen LogP contribution in [0, 0.1) is 0 Å². The number of methoxy groups -OCH3 is 1. The molecule has 0 atom stereocenters. The lowest BCUT2D eigenvalue weighted by Gasteiger charge is -2.09. The lowest BCUT2D eigenvalue weighted by atomic mass is 10.3. The van der Waals surface area contributed by atoms with Crippen molar-refractivity contribution in [2.45, 2.75) is 12.8 Å². The summed E-state index contributed by atoms with van der Waals surface area (Å²) in [5.74, 6) is -1.32. The second-order valence-electron chi connectivity index (χ2n) is 3.74. The standard InChI is InChI=1S/C12H13ClN2O5/c1-20-7-2-3-8(13)9(6-7)14-12(19)15-10(16)4-5-11(17)18/h2-3,6H,4-5H2,1H3,(H,17,18)(H2,14,15,16,19). The largest absolute Gasteiger partial charge is 0.497 e. The van der Waals surface area contributed by atoms with E-state index in [0.29, 0.717) is 5.75 Å². The molecule has 7 nitrogen and oxygen atoms in total. The second-order valence-corrected chi connectivity index (χ2v) is 4.15. The van der Waals surface area contributed by atoms with E-state index in [-0.39, 0.29) is 23.6 Å². The van der Waals surface area contributed by atoms with Crippen molar-refractivity contribution in [3.8, 4) is 5.75 Å². The molecule has 1 aromatic carbocycles. The maximum absolute atomic E-state index is 11.5. The molecule has 0 heterocycles. The fraction of sp³-hybridized carbons (Fsp3) is 0.250. The maximum Gasteiger partial charge on any atom is 0.325 e. The Morgan fingerprint density at radius 3 is 2.60 bits per heavy atom. The molecule has 0 fully saturated rings. The van der Waals surface area contributed by atoms with E-state index in [1.54, 1.807) is 6.07 Å². The van der Waals surface area contributed by atoms with E-state index in [1.807, 2.05) is 5.32 Å². The minimum atomic E-state index is -1.11.